The number of rotatable bonds is 8. The van der Waals surface area contributed by atoms with Crippen LogP contribution in [0.2, 0.25) is 0 Å². The molecule has 0 amide bonds. The zero-order chi connectivity index (χ0) is 22.8. The number of hydrogen-bond donors (Lipinski definition) is 3. The molecule has 4 rings (SSSR count). The van der Waals surface area contributed by atoms with Gasteiger partial charge < -0.3 is 19.7 Å². The van der Waals surface area contributed by atoms with Gasteiger partial charge in [-0.05, 0) is 80.3 Å². The number of nitrogens with one attached hydrogen (secondary N) is 2. The molecule has 1 unspecified atom stereocenters. The summed E-state index contributed by atoms with van der Waals surface area (Å²) in [5, 5.41) is 7.09. The molecule has 1 fully saturated rings. The highest BCUT2D eigenvalue weighted by Gasteiger charge is 2.21. The number of methoxy groups -OCH3 is 2. The zero-order valence-electron chi connectivity index (χ0n) is 19.8. The lowest BCUT2D eigenvalue weighted by atomic mass is 9.96. The van der Waals surface area contributed by atoms with E-state index in [0.717, 1.165) is 50.8 Å². The van der Waals surface area contributed by atoms with Crippen molar-refractivity contribution in [3.05, 3.63) is 59.2 Å². The number of benzene rings is 2. The minimum Gasteiger partial charge on any atom is -0.496 e. The Morgan fingerprint density at radius 1 is 1.12 bits per heavy atom. The van der Waals surface area contributed by atoms with Gasteiger partial charge in [-0.15, -0.1) is 0 Å². The van der Waals surface area contributed by atoms with Gasteiger partial charge in [-0.1, -0.05) is 24.3 Å². The normalized spacial score (nSPS) is 17.2. The molecule has 0 saturated carbocycles. The third-order valence-corrected chi connectivity index (χ3v) is 6.46. The van der Waals surface area contributed by atoms with Crippen LogP contribution in [0, 0.1) is 5.92 Å². The van der Waals surface area contributed by atoms with Gasteiger partial charge in [-0.2, -0.15) is 12.6 Å². The van der Waals surface area contributed by atoms with E-state index in [9.17, 15) is 0 Å². The molecule has 0 bridgehead atoms. The molecule has 0 radical (unpaired) electrons. The first-order valence-corrected chi connectivity index (χ1v) is 12.6. The SMILES string of the molecule is COc1ccccc1CN1CCCc2cc(C(NCC3CCNCC3)OC)ccc21.CS. The maximum atomic E-state index is 5.81. The number of thiol groups is 1. The van der Waals surface area contributed by atoms with Gasteiger partial charge in [0.1, 0.15) is 12.0 Å². The topological polar surface area (TPSA) is 45.8 Å². The van der Waals surface area contributed by atoms with Crippen LogP contribution < -0.4 is 20.3 Å². The number of para-hydroxylation sites is 1. The molecule has 32 heavy (non-hydrogen) atoms. The largest absolute Gasteiger partial charge is 0.496 e. The second-order valence-corrected chi connectivity index (χ2v) is 8.44. The summed E-state index contributed by atoms with van der Waals surface area (Å²) < 4.78 is 11.4. The summed E-state index contributed by atoms with van der Waals surface area (Å²) in [4.78, 5) is 2.48. The number of nitrogens with zero attached hydrogens (tertiary/aromatic N) is 1. The Hall–Kier alpha value is -1.73. The van der Waals surface area contributed by atoms with E-state index < -0.39 is 0 Å². The van der Waals surface area contributed by atoms with Crippen molar-refractivity contribution in [2.24, 2.45) is 5.92 Å². The second-order valence-electron chi connectivity index (χ2n) is 8.44. The van der Waals surface area contributed by atoms with Crippen LogP contribution in [-0.4, -0.2) is 46.7 Å². The first-order chi connectivity index (χ1) is 15.8. The van der Waals surface area contributed by atoms with Crippen LogP contribution in [0.4, 0.5) is 5.69 Å². The minimum absolute atomic E-state index is 0.0465. The number of hydrogen-bond acceptors (Lipinski definition) is 6. The van der Waals surface area contributed by atoms with Crippen molar-refractivity contribution in [2.45, 2.75) is 38.5 Å². The molecule has 1 atom stereocenters. The summed E-state index contributed by atoms with van der Waals surface area (Å²) in [5.41, 5.74) is 5.21. The highest BCUT2D eigenvalue weighted by Crippen LogP contribution is 2.32. The fourth-order valence-electron chi connectivity index (χ4n) is 4.76. The van der Waals surface area contributed by atoms with E-state index in [1.807, 2.05) is 12.1 Å². The third-order valence-electron chi connectivity index (χ3n) is 6.46. The molecule has 2 aliphatic heterocycles. The predicted molar refractivity (Wildman–Crippen MR) is 137 cm³/mol. The van der Waals surface area contributed by atoms with Crippen molar-refractivity contribution in [3.8, 4) is 5.75 Å². The summed E-state index contributed by atoms with van der Waals surface area (Å²) in [6, 6.07) is 15.2. The van der Waals surface area contributed by atoms with Crippen molar-refractivity contribution >= 4 is 18.3 Å². The molecule has 0 aliphatic carbocycles. The van der Waals surface area contributed by atoms with Crippen molar-refractivity contribution < 1.29 is 9.47 Å². The molecule has 0 aromatic heterocycles. The van der Waals surface area contributed by atoms with Crippen LogP contribution in [0.1, 0.15) is 42.2 Å². The zero-order valence-corrected chi connectivity index (χ0v) is 20.7. The van der Waals surface area contributed by atoms with Crippen LogP contribution in [0.15, 0.2) is 42.5 Å². The van der Waals surface area contributed by atoms with E-state index in [0.29, 0.717) is 0 Å². The molecule has 176 valence electrons. The van der Waals surface area contributed by atoms with Crippen molar-refractivity contribution in [2.75, 3.05) is 51.6 Å². The number of aryl methyl sites for hydroxylation is 1. The molecule has 1 saturated heterocycles. The quantitative estimate of drug-likeness (QED) is 0.404. The number of anilines is 1. The Kier molecular flexibility index (Phi) is 10.2. The average molecular weight is 458 g/mol. The standard InChI is InChI=1S/C25H35N3O2.CH4S/c1-29-24-8-4-3-6-22(24)18-28-15-5-7-20-16-21(9-10-23(20)28)25(30-2)27-17-19-11-13-26-14-12-19;1-2/h3-4,6,8-10,16,19,25-27H,5,7,11-15,17-18H2,1-2H3;2H,1H3. The Labute approximate surface area is 199 Å². The molecule has 2 aromatic carbocycles. The highest BCUT2D eigenvalue weighted by molar-refractivity contribution is 7.79. The van der Waals surface area contributed by atoms with Crippen LogP contribution in [0.25, 0.3) is 0 Å². The van der Waals surface area contributed by atoms with E-state index in [1.54, 1.807) is 20.5 Å². The van der Waals surface area contributed by atoms with Crippen LogP contribution in [-0.2, 0) is 17.7 Å². The summed E-state index contributed by atoms with van der Waals surface area (Å²) in [5.74, 6) is 1.70. The lowest BCUT2D eigenvalue weighted by Crippen LogP contribution is -2.35. The van der Waals surface area contributed by atoms with Crippen LogP contribution >= 0.6 is 12.6 Å². The number of piperidine rings is 1. The third kappa shape index (κ3) is 6.41. The van der Waals surface area contributed by atoms with Gasteiger partial charge in [-0.25, -0.2) is 0 Å². The lowest BCUT2D eigenvalue weighted by molar-refractivity contribution is 0.0681. The van der Waals surface area contributed by atoms with Gasteiger partial charge in [0.05, 0.1) is 7.11 Å². The number of fused-ring (bicyclic) bond motifs is 1. The Bertz CT molecular complexity index is 826. The molecular formula is C26H39N3O2S. The summed E-state index contributed by atoms with van der Waals surface area (Å²) in [6.07, 6.45) is 6.42. The Morgan fingerprint density at radius 2 is 1.91 bits per heavy atom. The smallest absolute Gasteiger partial charge is 0.133 e. The summed E-state index contributed by atoms with van der Waals surface area (Å²) in [7, 11) is 3.55. The summed E-state index contributed by atoms with van der Waals surface area (Å²) in [6.45, 7) is 5.22. The molecule has 0 spiro atoms. The van der Waals surface area contributed by atoms with E-state index in [2.05, 4.69) is 58.5 Å². The first-order valence-electron chi connectivity index (χ1n) is 11.7. The highest BCUT2D eigenvalue weighted by atomic mass is 32.1. The van der Waals surface area contributed by atoms with Crippen molar-refractivity contribution in [1.29, 1.82) is 0 Å². The van der Waals surface area contributed by atoms with E-state index in [1.165, 1.54) is 41.6 Å². The van der Waals surface area contributed by atoms with Gasteiger partial charge in [0.25, 0.3) is 0 Å². The summed E-state index contributed by atoms with van der Waals surface area (Å²) >= 11 is 3.53. The van der Waals surface area contributed by atoms with Gasteiger partial charge in [0, 0.05) is 38.0 Å². The van der Waals surface area contributed by atoms with Crippen LogP contribution in [0.3, 0.4) is 0 Å². The molecule has 5 nitrogen and oxygen atoms in total. The molecule has 2 aromatic rings. The lowest BCUT2D eigenvalue weighted by Gasteiger charge is -2.33. The Morgan fingerprint density at radius 3 is 2.66 bits per heavy atom. The van der Waals surface area contributed by atoms with Gasteiger partial charge >= 0.3 is 0 Å². The molecule has 6 heteroatoms. The molecule has 2 aliphatic rings. The first kappa shape index (κ1) is 24.9. The fraction of sp³-hybridized carbons (Fsp3) is 0.538. The van der Waals surface area contributed by atoms with E-state index >= 15 is 0 Å². The maximum absolute atomic E-state index is 5.81. The second kappa shape index (κ2) is 13.1. The van der Waals surface area contributed by atoms with Gasteiger partial charge in [0.15, 0.2) is 0 Å². The predicted octanol–water partition coefficient (Wildman–Crippen LogP) is 4.43. The van der Waals surface area contributed by atoms with E-state index in [-0.39, 0.29) is 6.23 Å². The molecular weight excluding hydrogens is 418 g/mol. The monoisotopic (exact) mass is 457 g/mol. The molecule has 2 N–H and O–H groups in total. The van der Waals surface area contributed by atoms with Crippen LogP contribution in [0.5, 0.6) is 5.75 Å². The maximum Gasteiger partial charge on any atom is 0.133 e. The van der Waals surface area contributed by atoms with E-state index in [4.69, 9.17) is 9.47 Å². The minimum atomic E-state index is -0.0465. The van der Waals surface area contributed by atoms with Gasteiger partial charge in [-0.3, -0.25) is 5.32 Å². The Balaban J connectivity index is 0.00000141. The molecule has 2 heterocycles. The van der Waals surface area contributed by atoms with Crippen molar-refractivity contribution in [3.63, 3.8) is 0 Å². The van der Waals surface area contributed by atoms with Gasteiger partial charge in [0.2, 0.25) is 0 Å². The number of ether oxygens (including phenoxy) is 2. The average Bonchev–Trinajstić information content (AvgIpc) is 2.86. The fourth-order valence-corrected chi connectivity index (χ4v) is 4.76. The van der Waals surface area contributed by atoms with Crippen molar-refractivity contribution in [1.82, 2.24) is 10.6 Å².